The predicted octanol–water partition coefficient (Wildman–Crippen LogP) is 1.42. The SMILES string of the molecule is O=C(COC(=O)CCNC(=O)c1ccco1)Nc1ccc(N2CCOCC2)cc1. The summed E-state index contributed by atoms with van der Waals surface area (Å²) in [7, 11) is 0. The number of nitrogens with one attached hydrogen (secondary N) is 2. The van der Waals surface area contributed by atoms with Gasteiger partial charge in [0.1, 0.15) is 0 Å². The van der Waals surface area contributed by atoms with E-state index in [9.17, 15) is 14.4 Å². The molecule has 1 aromatic carbocycles. The minimum Gasteiger partial charge on any atom is -0.459 e. The van der Waals surface area contributed by atoms with E-state index in [2.05, 4.69) is 15.5 Å². The predicted molar refractivity (Wildman–Crippen MR) is 105 cm³/mol. The van der Waals surface area contributed by atoms with Gasteiger partial charge in [0, 0.05) is 31.0 Å². The Balaban J connectivity index is 1.33. The number of esters is 1. The normalized spacial score (nSPS) is 13.6. The topological polar surface area (TPSA) is 110 Å². The van der Waals surface area contributed by atoms with Crippen LogP contribution in [0.3, 0.4) is 0 Å². The molecule has 1 aliphatic heterocycles. The fraction of sp³-hybridized carbons (Fsp3) is 0.350. The Morgan fingerprint density at radius 2 is 1.83 bits per heavy atom. The molecule has 0 unspecified atom stereocenters. The Morgan fingerprint density at radius 3 is 2.52 bits per heavy atom. The van der Waals surface area contributed by atoms with Crippen molar-refractivity contribution >= 4 is 29.2 Å². The fourth-order valence-corrected chi connectivity index (χ4v) is 2.77. The third-order valence-corrected chi connectivity index (χ3v) is 4.25. The zero-order valence-corrected chi connectivity index (χ0v) is 15.9. The molecule has 1 aromatic heterocycles. The molecule has 0 bridgehead atoms. The van der Waals surface area contributed by atoms with Crippen LogP contribution in [-0.2, 0) is 19.1 Å². The lowest BCUT2D eigenvalue weighted by molar-refractivity contribution is -0.147. The van der Waals surface area contributed by atoms with E-state index in [1.165, 1.54) is 12.3 Å². The number of hydrogen-bond donors (Lipinski definition) is 2. The van der Waals surface area contributed by atoms with Crippen molar-refractivity contribution in [3.05, 3.63) is 48.4 Å². The van der Waals surface area contributed by atoms with Crippen LogP contribution in [0.4, 0.5) is 11.4 Å². The molecule has 0 radical (unpaired) electrons. The van der Waals surface area contributed by atoms with Crippen LogP contribution in [-0.4, -0.2) is 57.2 Å². The average Bonchev–Trinajstić information content (AvgIpc) is 3.28. The molecule has 29 heavy (non-hydrogen) atoms. The standard InChI is InChI=1S/C20H23N3O6/c24-18(14-29-19(25)7-8-21-20(26)17-2-1-11-28-17)22-15-3-5-16(6-4-15)23-9-12-27-13-10-23/h1-6,11H,7-10,12-14H2,(H,21,26)(H,22,24). The van der Waals surface area contributed by atoms with Gasteiger partial charge < -0.3 is 29.4 Å². The van der Waals surface area contributed by atoms with Crippen LogP contribution >= 0.6 is 0 Å². The minimum atomic E-state index is -0.581. The summed E-state index contributed by atoms with van der Waals surface area (Å²) in [5.41, 5.74) is 1.68. The zero-order chi connectivity index (χ0) is 20.5. The number of benzene rings is 1. The van der Waals surface area contributed by atoms with Gasteiger partial charge in [-0.25, -0.2) is 0 Å². The van der Waals surface area contributed by atoms with Crippen LogP contribution in [0.2, 0.25) is 0 Å². The quantitative estimate of drug-likeness (QED) is 0.644. The zero-order valence-electron chi connectivity index (χ0n) is 15.9. The number of hydrogen-bond acceptors (Lipinski definition) is 7. The summed E-state index contributed by atoms with van der Waals surface area (Å²) in [6, 6.07) is 10.6. The van der Waals surface area contributed by atoms with Crippen molar-refractivity contribution in [1.29, 1.82) is 0 Å². The average molecular weight is 401 g/mol. The van der Waals surface area contributed by atoms with E-state index in [0.717, 1.165) is 18.8 Å². The number of amides is 2. The first-order chi connectivity index (χ1) is 14.1. The first kappa shape index (κ1) is 20.4. The Labute approximate surface area is 167 Å². The molecule has 1 saturated heterocycles. The number of carbonyl (C=O) groups is 3. The van der Waals surface area contributed by atoms with E-state index in [4.69, 9.17) is 13.9 Å². The Morgan fingerprint density at radius 1 is 1.07 bits per heavy atom. The van der Waals surface area contributed by atoms with E-state index in [1.54, 1.807) is 18.2 Å². The molecule has 1 aliphatic rings. The van der Waals surface area contributed by atoms with Crippen molar-refractivity contribution in [1.82, 2.24) is 5.32 Å². The van der Waals surface area contributed by atoms with Crippen LogP contribution in [0.5, 0.6) is 0 Å². The molecule has 2 aromatic rings. The maximum absolute atomic E-state index is 11.9. The molecular weight excluding hydrogens is 378 g/mol. The first-order valence-electron chi connectivity index (χ1n) is 9.32. The highest BCUT2D eigenvalue weighted by atomic mass is 16.5. The highest BCUT2D eigenvalue weighted by molar-refractivity contribution is 5.93. The van der Waals surface area contributed by atoms with Crippen molar-refractivity contribution in [2.24, 2.45) is 0 Å². The van der Waals surface area contributed by atoms with Crippen LogP contribution in [0.15, 0.2) is 47.1 Å². The van der Waals surface area contributed by atoms with E-state index >= 15 is 0 Å². The summed E-state index contributed by atoms with van der Waals surface area (Å²) in [6.07, 6.45) is 1.34. The second kappa shape index (κ2) is 10.3. The monoisotopic (exact) mass is 401 g/mol. The maximum atomic E-state index is 11.9. The van der Waals surface area contributed by atoms with E-state index in [0.29, 0.717) is 18.9 Å². The number of anilines is 2. The molecule has 2 N–H and O–H groups in total. The van der Waals surface area contributed by atoms with Gasteiger partial charge >= 0.3 is 5.97 Å². The Hall–Kier alpha value is -3.33. The number of furan rings is 1. The van der Waals surface area contributed by atoms with Crippen molar-refractivity contribution in [2.45, 2.75) is 6.42 Å². The Kier molecular flexibility index (Phi) is 7.23. The van der Waals surface area contributed by atoms with E-state index in [-0.39, 0.29) is 18.7 Å². The van der Waals surface area contributed by atoms with Gasteiger partial charge in [-0.2, -0.15) is 0 Å². The van der Waals surface area contributed by atoms with Crippen LogP contribution in [0, 0.1) is 0 Å². The highest BCUT2D eigenvalue weighted by Crippen LogP contribution is 2.19. The lowest BCUT2D eigenvalue weighted by Crippen LogP contribution is -2.36. The molecular formula is C20H23N3O6. The largest absolute Gasteiger partial charge is 0.459 e. The molecule has 0 atom stereocenters. The first-order valence-corrected chi connectivity index (χ1v) is 9.32. The van der Waals surface area contributed by atoms with Gasteiger partial charge in [0.15, 0.2) is 12.4 Å². The number of nitrogens with zero attached hydrogens (tertiary/aromatic N) is 1. The van der Waals surface area contributed by atoms with Crippen molar-refractivity contribution in [3.8, 4) is 0 Å². The molecule has 2 amide bonds. The number of morpholine rings is 1. The lowest BCUT2D eigenvalue weighted by Gasteiger charge is -2.28. The summed E-state index contributed by atoms with van der Waals surface area (Å²) in [5.74, 6) is -1.27. The second-order valence-electron chi connectivity index (χ2n) is 6.34. The summed E-state index contributed by atoms with van der Waals surface area (Å²) >= 11 is 0. The van der Waals surface area contributed by atoms with Gasteiger partial charge in [-0.15, -0.1) is 0 Å². The van der Waals surface area contributed by atoms with Gasteiger partial charge in [0.05, 0.1) is 25.9 Å². The van der Waals surface area contributed by atoms with Crippen molar-refractivity contribution < 1.29 is 28.3 Å². The minimum absolute atomic E-state index is 0.0476. The molecule has 2 heterocycles. The summed E-state index contributed by atoms with van der Waals surface area (Å²) in [4.78, 5) is 37.5. The lowest BCUT2D eigenvalue weighted by atomic mass is 10.2. The molecule has 1 fully saturated rings. The number of ether oxygens (including phenoxy) is 2. The second-order valence-corrected chi connectivity index (χ2v) is 6.34. The molecule has 9 heteroatoms. The van der Waals surface area contributed by atoms with Crippen LogP contribution < -0.4 is 15.5 Å². The Bertz CT molecular complexity index is 813. The molecule has 154 valence electrons. The fourth-order valence-electron chi connectivity index (χ4n) is 2.77. The van der Waals surface area contributed by atoms with Gasteiger partial charge in [0.25, 0.3) is 11.8 Å². The smallest absolute Gasteiger partial charge is 0.308 e. The van der Waals surface area contributed by atoms with Gasteiger partial charge in [-0.1, -0.05) is 0 Å². The summed E-state index contributed by atoms with van der Waals surface area (Å²) in [6.45, 7) is 2.78. The van der Waals surface area contributed by atoms with Gasteiger partial charge in [-0.3, -0.25) is 14.4 Å². The highest BCUT2D eigenvalue weighted by Gasteiger charge is 2.13. The number of carbonyl (C=O) groups excluding carboxylic acids is 3. The van der Waals surface area contributed by atoms with Crippen molar-refractivity contribution in [2.75, 3.05) is 49.7 Å². The van der Waals surface area contributed by atoms with Crippen LogP contribution in [0.25, 0.3) is 0 Å². The van der Waals surface area contributed by atoms with E-state index in [1.807, 2.05) is 12.1 Å². The molecule has 0 saturated carbocycles. The molecule has 9 nitrogen and oxygen atoms in total. The van der Waals surface area contributed by atoms with Gasteiger partial charge in [-0.05, 0) is 36.4 Å². The molecule has 3 rings (SSSR count). The molecule has 0 spiro atoms. The number of rotatable bonds is 8. The van der Waals surface area contributed by atoms with Crippen molar-refractivity contribution in [3.63, 3.8) is 0 Å². The molecule has 0 aliphatic carbocycles. The maximum Gasteiger partial charge on any atom is 0.308 e. The van der Waals surface area contributed by atoms with Gasteiger partial charge in [0.2, 0.25) is 0 Å². The summed E-state index contributed by atoms with van der Waals surface area (Å²) in [5, 5.41) is 5.21. The van der Waals surface area contributed by atoms with Crippen LogP contribution in [0.1, 0.15) is 17.0 Å². The third kappa shape index (κ3) is 6.35. The van der Waals surface area contributed by atoms with E-state index < -0.39 is 24.4 Å². The summed E-state index contributed by atoms with van der Waals surface area (Å²) < 4.78 is 15.2. The third-order valence-electron chi connectivity index (χ3n) is 4.25.